The van der Waals surface area contributed by atoms with Gasteiger partial charge in [0.2, 0.25) is 0 Å². The van der Waals surface area contributed by atoms with Gasteiger partial charge in [0.15, 0.2) is 0 Å². The van der Waals surface area contributed by atoms with E-state index in [9.17, 15) is 14.4 Å². The van der Waals surface area contributed by atoms with Crippen LogP contribution in [-0.2, 0) is 4.74 Å². The van der Waals surface area contributed by atoms with Gasteiger partial charge in [-0.05, 0) is 37.6 Å². The van der Waals surface area contributed by atoms with Gasteiger partial charge in [0.1, 0.15) is 5.00 Å². The van der Waals surface area contributed by atoms with Gasteiger partial charge in [0.25, 0.3) is 11.8 Å². The summed E-state index contributed by atoms with van der Waals surface area (Å²) in [5.74, 6) is -1.48. The molecule has 26 heavy (non-hydrogen) atoms. The zero-order valence-corrected chi connectivity index (χ0v) is 16.6. The zero-order chi connectivity index (χ0) is 19.4. The number of anilines is 1. The number of amides is 2. The first-order chi connectivity index (χ1) is 12.3. The lowest BCUT2D eigenvalue weighted by atomic mass is 10.1. The number of esters is 1. The third kappa shape index (κ3) is 4.35. The van der Waals surface area contributed by atoms with Gasteiger partial charge in [-0.1, -0.05) is 23.2 Å². The largest absolute Gasteiger partial charge is 0.462 e. The molecule has 0 bridgehead atoms. The van der Waals surface area contributed by atoms with Crippen molar-refractivity contribution in [2.24, 2.45) is 0 Å². The number of hydrogen-bond acceptors (Lipinski definition) is 5. The summed E-state index contributed by atoms with van der Waals surface area (Å²) in [6.45, 7) is 3.46. The van der Waals surface area contributed by atoms with Crippen LogP contribution in [0.2, 0.25) is 10.0 Å². The van der Waals surface area contributed by atoms with Crippen molar-refractivity contribution < 1.29 is 19.1 Å². The standard InChI is InChI=1S/C17H16Cl2N2O4S/c1-4-25-17(24)12-8(2)13(15(23)20-3)26-16(12)21-14(22)9-5-10(18)7-11(19)6-9/h5-7H,4H2,1-3H3,(H,20,23)(H,21,22). The number of ether oxygens (including phenoxy) is 1. The number of hydrogen-bond donors (Lipinski definition) is 2. The van der Waals surface area contributed by atoms with Crippen molar-refractivity contribution in [3.8, 4) is 0 Å². The Bertz CT molecular complexity index is 860. The number of carbonyl (C=O) groups excluding carboxylic acids is 3. The Kier molecular flexibility index (Phi) is 6.63. The highest BCUT2D eigenvalue weighted by molar-refractivity contribution is 7.18. The molecule has 0 fully saturated rings. The van der Waals surface area contributed by atoms with Crippen molar-refractivity contribution in [2.45, 2.75) is 13.8 Å². The summed E-state index contributed by atoms with van der Waals surface area (Å²) < 4.78 is 5.04. The molecule has 1 aromatic heterocycles. The van der Waals surface area contributed by atoms with Crippen LogP contribution < -0.4 is 10.6 Å². The predicted molar refractivity (Wildman–Crippen MR) is 103 cm³/mol. The molecule has 6 nitrogen and oxygen atoms in total. The van der Waals surface area contributed by atoms with Gasteiger partial charge >= 0.3 is 5.97 Å². The molecule has 2 aromatic rings. The molecule has 2 rings (SSSR count). The van der Waals surface area contributed by atoms with Crippen molar-refractivity contribution >= 4 is 57.3 Å². The molecule has 0 aliphatic heterocycles. The highest BCUT2D eigenvalue weighted by atomic mass is 35.5. The Morgan fingerprint density at radius 2 is 1.73 bits per heavy atom. The van der Waals surface area contributed by atoms with E-state index < -0.39 is 11.9 Å². The molecule has 0 aliphatic rings. The summed E-state index contributed by atoms with van der Waals surface area (Å²) in [7, 11) is 1.48. The van der Waals surface area contributed by atoms with Gasteiger partial charge in [-0.25, -0.2) is 4.79 Å². The molecular formula is C17H16Cl2N2O4S. The number of rotatable bonds is 5. The third-order valence-corrected chi connectivity index (χ3v) is 5.05. The molecule has 0 saturated carbocycles. The summed E-state index contributed by atoms with van der Waals surface area (Å²) in [6.07, 6.45) is 0. The fourth-order valence-corrected chi connectivity index (χ4v) is 3.90. The van der Waals surface area contributed by atoms with Crippen LogP contribution in [0.15, 0.2) is 18.2 Å². The smallest absolute Gasteiger partial charge is 0.341 e. The van der Waals surface area contributed by atoms with E-state index in [1.807, 2.05) is 0 Å². The summed E-state index contributed by atoms with van der Waals surface area (Å²) in [4.78, 5) is 37.2. The number of benzene rings is 1. The first kappa shape index (κ1) is 20.2. The van der Waals surface area contributed by atoms with Crippen molar-refractivity contribution in [2.75, 3.05) is 19.0 Å². The van der Waals surface area contributed by atoms with Crippen LogP contribution in [0.4, 0.5) is 5.00 Å². The summed E-state index contributed by atoms with van der Waals surface area (Å²) in [6, 6.07) is 4.41. The maximum absolute atomic E-state index is 12.5. The van der Waals surface area contributed by atoms with Crippen LogP contribution in [0.5, 0.6) is 0 Å². The summed E-state index contributed by atoms with van der Waals surface area (Å²) in [5, 5.41) is 5.98. The van der Waals surface area contributed by atoms with Gasteiger partial charge in [-0.15, -0.1) is 11.3 Å². The molecule has 2 amide bonds. The molecule has 9 heteroatoms. The van der Waals surface area contributed by atoms with Crippen molar-refractivity contribution in [3.05, 3.63) is 49.8 Å². The number of nitrogens with one attached hydrogen (secondary N) is 2. The normalized spacial score (nSPS) is 10.3. The quantitative estimate of drug-likeness (QED) is 0.719. The van der Waals surface area contributed by atoms with Crippen LogP contribution in [0.3, 0.4) is 0 Å². The van der Waals surface area contributed by atoms with Crippen molar-refractivity contribution in [1.82, 2.24) is 5.32 Å². The minimum absolute atomic E-state index is 0.150. The lowest BCUT2D eigenvalue weighted by Crippen LogP contribution is -2.18. The molecule has 1 aromatic carbocycles. The Hall–Kier alpha value is -2.09. The first-order valence-electron chi connectivity index (χ1n) is 7.58. The van der Waals surface area contributed by atoms with Gasteiger partial charge in [0, 0.05) is 22.7 Å². The van der Waals surface area contributed by atoms with E-state index in [-0.39, 0.29) is 28.6 Å². The highest BCUT2D eigenvalue weighted by Crippen LogP contribution is 2.34. The Morgan fingerprint density at radius 1 is 1.12 bits per heavy atom. The molecule has 0 saturated heterocycles. The number of carbonyl (C=O) groups is 3. The van der Waals surface area contributed by atoms with Crippen LogP contribution >= 0.6 is 34.5 Å². The average Bonchev–Trinajstić information content (AvgIpc) is 2.89. The Balaban J connectivity index is 2.45. The maximum Gasteiger partial charge on any atom is 0.341 e. The minimum atomic E-state index is -0.615. The molecule has 2 N–H and O–H groups in total. The third-order valence-electron chi connectivity index (χ3n) is 3.41. The lowest BCUT2D eigenvalue weighted by Gasteiger charge is -2.08. The summed E-state index contributed by atoms with van der Waals surface area (Å²) >= 11 is 12.8. The van der Waals surface area contributed by atoms with E-state index >= 15 is 0 Å². The van der Waals surface area contributed by atoms with Crippen LogP contribution in [-0.4, -0.2) is 31.4 Å². The van der Waals surface area contributed by atoms with Gasteiger partial charge < -0.3 is 15.4 Å². The van der Waals surface area contributed by atoms with E-state index in [1.165, 1.54) is 25.2 Å². The second kappa shape index (κ2) is 8.53. The Morgan fingerprint density at radius 3 is 2.27 bits per heavy atom. The SMILES string of the molecule is CCOC(=O)c1c(NC(=O)c2cc(Cl)cc(Cl)c2)sc(C(=O)NC)c1C. The van der Waals surface area contributed by atoms with E-state index in [2.05, 4.69) is 10.6 Å². The number of halogens is 2. The van der Waals surface area contributed by atoms with Crippen LogP contribution in [0.25, 0.3) is 0 Å². The minimum Gasteiger partial charge on any atom is -0.462 e. The van der Waals surface area contributed by atoms with E-state index in [0.29, 0.717) is 20.5 Å². The topological polar surface area (TPSA) is 84.5 Å². The molecule has 1 heterocycles. The van der Waals surface area contributed by atoms with E-state index in [0.717, 1.165) is 11.3 Å². The predicted octanol–water partition coefficient (Wildman–Crippen LogP) is 4.15. The fraction of sp³-hybridized carbons (Fsp3) is 0.235. The van der Waals surface area contributed by atoms with Crippen molar-refractivity contribution in [1.29, 1.82) is 0 Å². The molecule has 138 valence electrons. The molecule has 0 radical (unpaired) electrons. The molecule has 0 spiro atoms. The van der Waals surface area contributed by atoms with E-state index in [4.69, 9.17) is 27.9 Å². The molecule has 0 atom stereocenters. The Labute approximate surface area is 164 Å². The monoisotopic (exact) mass is 414 g/mol. The lowest BCUT2D eigenvalue weighted by molar-refractivity contribution is 0.0527. The summed E-state index contributed by atoms with van der Waals surface area (Å²) in [5.41, 5.74) is 0.814. The highest BCUT2D eigenvalue weighted by Gasteiger charge is 2.26. The first-order valence-corrected chi connectivity index (χ1v) is 9.15. The van der Waals surface area contributed by atoms with Crippen LogP contribution in [0, 0.1) is 6.92 Å². The average molecular weight is 415 g/mol. The molecule has 0 unspecified atom stereocenters. The van der Waals surface area contributed by atoms with Gasteiger partial charge in [-0.3, -0.25) is 9.59 Å². The molecular weight excluding hydrogens is 399 g/mol. The van der Waals surface area contributed by atoms with Gasteiger partial charge in [-0.2, -0.15) is 0 Å². The second-order valence-electron chi connectivity index (χ2n) is 5.17. The number of thiophene rings is 1. The van der Waals surface area contributed by atoms with Gasteiger partial charge in [0.05, 0.1) is 17.0 Å². The maximum atomic E-state index is 12.5. The van der Waals surface area contributed by atoms with E-state index in [1.54, 1.807) is 13.8 Å². The fourth-order valence-electron chi connectivity index (χ4n) is 2.24. The zero-order valence-electron chi connectivity index (χ0n) is 14.2. The second-order valence-corrected chi connectivity index (χ2v) is 7.07. The van der Waals surface area contributed by atoms with Crippen LogP contribution in [0.1, 0.15) is 42.9 Å². The molecule has 0 aliphatic carbocycles. The van der Waals surface area contributed by atoms with Crippen molar-refractivity contribution in [3.63, 3.8) is 0 Å².